The Balaban J connectivity index is 2.97. The lowest BCUT2D eigenvalue weighted by molar-refractivity contribution is -0.143. The summed E-state index contributed by atoms with van der Waals surface area (Å²) in [5.74, 6) is -1.14. The Morgan fingerprint density at radius 3 is 2.67 bits per heavy atom. The van der Waals surface area contributed by atoms with E-state index in [2.05, 4.69) is 4.84 Å². The first-order valence-electron chi connectivity index (χ1n) is 4.87. The van der Waals surface area contributed by atoms with Crippen molar-refractivity contribution in [2.75, 3.05) is 13.7 Å². The Morgan fingerprint density at radius 2 is 2.11 bits per heavy atom. The predicted octanol–water partition coefficient (Wildman–Crippen LogP) is 0.298. The van der Waals surface area contributed by atoms with Gasteiger partial charge in [-0.3, -0.25) is 4.84 Å². The highest BCUT2D eigenvalue weighted by molar-refractivity contribution is 7.89. The van der Waals surface area contributed by atoms with Crippen LogP contribution in [0.25, 0.3) is 0 Å². The number of carbonyl (C=O) groups is 1. The van der Waals surface area contributed by atoms with Gasteiger partial charge in [-0.25, -0.2) is 13.2 Å². The maximum atomic E-state index is 11.8. The van der Waals surface area contributed by atoms with E-state index >= 15 is 0 Å². The summed E-state index contributed by atoms with van der Waals surface area (Å²) >= 11 is 0. The molecule has 0 amide bonds. The number of sulfonamides is 1. The number of nitrogens with one attached hydrogen (secondary N) is 1. The van der Waals surface area contributed by atoms with E-state index in [0.29, 0.717) is 0 Å². The van der Waals surface area contributed by atoms with Crippen molar-refractivity contribution in [3.05, 3.63) is 23.8 Å². The molecule has 0 aliphatic heterocycles. The fraction of sp³-hybridized carbons (Fsp3) is 0.300. The smallest absolute Gasteiger partial charge is 0.331 e. The van der Waals surface area contributed by atoms with Gasteiger partial charge < -0.3 is 9.84 Å². The summed E-state index contributed by atoms with van der Waals surface area (Å²) in [5.41, 5.74) is 0.717. The Bertz CT molecular complexity index is 539. The Labute approximate surface area is 104 Å². The van der Waals surface area contributed by atoms with Crippen LogP contribution >= 0.6 is 0 Å². The van der Waals surface area contributed by atoms with E-state index < -0.39 is 22.6 Å². The monoisotopic (exact) mass is 275 g/mol. The molecule has 2 N–H and O–H groups in total. The van der Waals surface area contributed by atoms with Crippen LogP contribution in [0.15, 0.2) is 23.1 Å². The quantitative estimate of drug-likeness (QED) is 0.724. The number of rotatable bonds is 6. The van der Waals surface area contributed by atoms with Gasteiger partial charge in [0.15, 0.2) is 6.61 Å². The minimum Gasteiger partial charge on any atom is -0.495 e. The van der Waals surface area contributed by atoms with Crippen LogP contribution in [0, 0.1) is 6.92 Å². The van der Waals surface area contributed by atoms with Gasteiger partial charge in [0, 0.05) is 0 Å². The number of ether oxygens (including phenoxy) is 1. The lowest BCUT2D eigenvalue weighted by Gasteiger charge is -2.10. The summed E-state index contributed by atoms with van der Waals surface area (Å²) in [6, 6.07) is 4.59. The normalized spacial score (nSPS) is 11.2. The van der Waals surface area contributed by atoms with Crippen molar-refractivity contribution in [2.24, 2.45) is 0 Å². The highest BCUT2D eigenvalue weighted by Gasteiger charge is 2.20. The third-order valence-corrected chi connectivity index (χ3v) is 3.21. The molecule has 1 aromatic carbocycles. The van der Waals surface area contributed by atoms with Crippen molar-refractivity contribution in [1.82, 2.24) is 4.89 Å². The van der Waals surface area contributed by atoms with Gasteiger partial charge in [0.1, 0.15) is 10.6 Å². The van der Waals surface area contributed by atoms with Crippen LogP contribution in [0.1, 0.15) is 5.56 Å². The second-order valence-corrected chi connectivity index (χ2v) is 5.04. The predicted molar refractivity (Wildman–Crippen MR) is 61.6 cm³/mol. The number of hydrogen-bond donors (Lipinski definition) is 2. The summed E-state index contributed by atoms with van der Waals surface area (Å²) in [6.07, 6.45) is 0. The number of methoxy groups -OCH3 is 1. The molecule has 0 bridgehead atoms. The highest BCUT2D eigenvalue weighted by atomic mass is 32.2. The van der Waals surface area contributed by atoms with E-state index in [1.807, 2.05) is 0 Å². The first-order valence-corrected chi connectivity index (χ1v) is 6.35. The van der Waals surface area contributed by atoms with E-state index in [1.54, 1.807) is 17.9 Å². The second kappa shape index (κ2) is 5.80. The van der Waals surface area contributed by atoms with E-state index in [1.165, 1.54) is 19.2 Å². The van der Waals surface area contributed by atoms with Crippen LogP contribution in [0.3, 0.4) is 0 Å². The molecule has 100 valence electrons. The third-order valence-electron chi connectivity index (χ3n) is 1.97. The largest absolute Gasteiger partial charge is 0.495 e. The first kappa shape index (κ1) is 14.4. The van der Waals surface area contributed by atoms with Gasteiger partial charge >= 0.3 is 5.97 Å². The summed E-state index contributed by atoms with van der Waals surface area (Å²) < 4.78 is 28.6. The van der Waals surface area contributed by atoms with Crippen molar-refractivity contribution in [2.45, 2.75) is 11.8 Å². The highest BCUT2D eigenvalue weighted by Crippen LogP contribution is 2.24. The third kappa shape index (κ3) is 3.69. The molecular formula is C10H13NO6S. The maximum Gasteiger partial charge on any atom is 0.331 e. The average Bonchev–Trinajstić information content (AvgIpc) is 2.28. The Hall–Kier alpha value is -1.64. The van der Waals surface area contributed by atoms with Crippen molar-refractivity contribution in [3.8, 4) is 5.75 Å². The topological polar surface area (TPSA) is 102 Å². The molecule has 0 aromatic heterocycles. The number of aliphatic carboxylic acids is 1. The summed E-state index contributed by atoms with van der Waals surface area (Å²) in [7, 11) is -2.65. The van der Waals surface area contributed by atoms with Gasteiger partial charge in [0.2, 0.25) is 0 Å². The zero-order valence-corrected chi connectivity index (χ0v) is 10.7. The SMILES string of the molecule is COc1ccc(C)cc1S(=O)(=O)NOCC(=O)O. The molecule has 0 radical (unpaired) electrons. The second-order valence-electron chi connectivity index (χ2n) is 3.42. The minimum absolute atomic E-state index is 0.115. The molecule has 1 rings (SSSR count). The van der Waals surface area contributed by atoms with Crippen LogP contribution in [-0.2, 0) is 19.7 Å². The summed E-state index contributed by atoms with van der Waals surface area (Å²) in [4.78, 5) is 16.2. The Morgan fingerprint density at radius 1 is 1.44 bits per heavy atom. The van der Waals surface area contributed by atoms with Crippen LogP contribution in [-0.4, -0.2) is 33.2 Å². The Kier molecular flexibility index (Phi) is 4.65. The molecule has 0 fully saturated rings. The molecular weight excluding hydrogens is 262 g/mol. The van der Waals surface area contributed by atoms with Crippen molar-refractivity contribution in [3.63, 3.8) is 0 Å². The van der Waals surface area contributed by atoms with Gasteiger partial charge in [-0.15, -0.1) is 0 Å². The number of carboxylic acid groups (broad SMARTS) is 1. The molecule has 0 spiro atoms. The van der Waals surface area contributed by atoms with Gasteiger partial charge in [-0.2, -0.15) is 0 Å². The first-order chi connectivity index (χ1) is 8.36. The van der Waals surface area contributed by atoms with Gasteiger partial charge in [-0.05, 0) is 24.6 Å². The molecule has 0 aliphatic carbocycles. The van der Waals surface area contributed by atoms with E-state index in [0.717, 1.165) is 5.56 Å². The van der Waals surface area contributed by atoms with Gasteiger partial charge in [0.25, 0.3) is 10.0 Å². The molecule has 7 nitrogen and oxygen atoms in total. The van der Waals surface area contributed by atoms with E-state index in [-0.39, 0.29) is 10.6 Å². The standard InChI is InChI=1S/C10H13NO6S/c1-7-3-4-8(16-2)9(5-7)18(14,15)11-17-6-10(12)13/h3-5,11H,6H2,1-2H3,(H,12,13). The van der Waals surface area contributed by atoms with Crippen molar-refractivity contribution in [1.29, 1.82) is 0 Å². The molecule has 0 saturated carbocycles. The molecule has 0 aliphatic rings. The molecule has 0 atom stereocenters. The van der Waals surface area contributed by atoms with Crippen LogP contribution < -0.4 is 9.62 Å². The molecule has 18 heavy (non-hydrogen) atoms. The molecule has 0 heterocycles. The summed E-state index contributed by atoms with van der Waals surface area (Å²) in [6.45, 7) is 0.948. The maximum absolute atomic E-state index is 11.8. The molecule has 0 unspecified atom stereocenters. The van der Waals surface area contributed by atoms with E-state index in [4.69, 9.17) is 9.84 Å². The minimum atomic E-state index is -3.98. The van der Waals surface area contributed by atoms with Gasteiger partial charge in [0.05, 0.1) is 7.11 Å². The van der Waals surface area contributed by atoms with Crippen molar-refractivity contribution < 1.29 is 27.9 Å². The van der Waals surface area contributed by atoms with Gasteiger partial charge in [-0.1, -0.05) is 11.0 Å². The zero-order valence-electron chi connectivity index (χ0n) is 9.84. The molecule has 1 aromatic rings. The lowest BCUT2D eigenvalue weighted by Crippen LogP contribution is -2.27. The fourth-order valence-electron chi connectivity index (χ4n) is 1.21. The number of benzene rings is 1. The molecule has 8 heteroatoms. The number of carboxylic acids is 1. The zero-order chi connectivity index (χ0) is 13.8. The molecule has 0 saturated heterocycles. The summed E-state index contributed by atoms with van der Waals surface area (Å²) in [5, 5.41) is 8.34. The van der Waals surface area contributed by atoms with Crippen LogP contribution in [0.4, 0.5) is 0 Å². The van der Waals surface area contributed by atoms with Crippen LogP contribution in [0.5, 0.6) is 5.75 Å². The number of aryl methyl sites for hydroxylation is 1. The van der Waals surface area contributed by atoms with Crippen LogP contribution in [0.2, 0.25) is 0 Å². The van der Waals surface area contributed by atoms with E-state index in [9.17, 15) is 13.2 Å². The fourth-order valence-corrected chi connectivity index (χ4v) is 2.27. The lowest BCUT2D eigenvalue weighted by atomic mass is 10.2. The van der Waals surface area contributed by atoms with Crippen molar-refractivity contribution >= 4 is 16.0 Å². The average molecular weight is 275 g/mol. The number of hydrogen-bond acceptors (Lipinski definition) is 5.